The molecule has 2 aromatic carbocycles. The van der Waals surface area contributed by atoms with Crippen molar-refractivity contribution in [3.63, 3.8) is 0 Å². The Morgan fingerprint density at radius 2 is 1.77 bits per heavy atom. The van der Waals surface area contributed by atoms with Crippen LogP contribution in [-0.4, -0.2) is 87.3 Å². The highest BCUT2D eigenvalue weighted by atomic mass is 32.2. The predicted molar refractivity (Wildman–Crippen MR) is 171 cm³/mol. The van der Waals surface area contributed by atoms with Crippen LogP contribution in [0.1, 0.15) is 37.3 Å². The van der Waals surface area contributed by atoms with Gasteiger partial charge in [-0.05, 0) is 67.0 Å². The summed E-state index contributed by atoms with van der Waals surface area (Å²) in [7, 11) is 1.29. The smallest absolute Gasteiger partial charge is 0.252 e. The Hall–Kier alpha value is -3.25. The summed E-state index contributed by atoms with van der Waals surface area (Å²) in [4.78, 5) is 5.03. The summed E-state index contributed by atoms with van der Waals surface area (Å²) >= 11 is 1.22. The molecule has 1 N–H and O–H groups in total. The van der Waals surface area contributed by atoms with Crippen LogP contribution in [0.15, 0.2) is 64.3 Å². The fraction of sp³-hybridized carbons (Fsp3) is 0.438. The number of nitrogens with zero attached hydrogens (tertiary/aromatic N) is 4. The average Bonchev–Trinajstić information content (AvgIpc) is 3.61. The Morgan fingerprint density at radius 1 is 1.00 bits per heavy atom. The largest absolute Gasteiger partial charge is 0.494 e. The van der Waals surface area contributed by atoms with Gasteiger partial charge in [-0.25, -0.2) is 12.7 Å². The van der Waals surface area contributed by atoms with Gasteiger partial charge in [-0.3, -0.25) is 4.90 Å². The standard InChI is InChI=1S/C32H40N4O5S2/c1-33(43(38,39)31-10-6-20-42-31)15-5-9-27(23-11-14-29(40-2)30(21-23)41-3)36-22-26-25(32(36)37)7-4-8-28(26)35-18-16-34(17-19-35)24-12-13-24/h4,6-8,10-11,14,20-22,24,27,37H,5,9,12-13,15-19H2,1-3H3/t27-/m1/s1. The highest BCUT2D eigenvalue weighted by molar-refractivity contribution is 7.91. The molecular weight excluding hydrogens is 585 g/mol. The van der Waals surface area contributed by atoms with Crippen molar-refractivity contribution in [3.8, 4) is 17.4 Å². The van der Waals surface area contributed by atoms with E-state index in [1.165, 1.54) is 28.5 Å². The minimum absolute atomic E-state index is 0.202. The fourth-order valence-electron chi connectivity index (χ4n) is 6.22. The van der Waals surface area contributed by atoms with E-state index in [2.05, 4.69) is 22.1 Å². The maximum Gasteiger partial charge on any atom is 0.252 e. The molecule has 4 aromatic rings. The van der Waals surface area contributed by atoms with Gasteiger partial charge in [0.15, 0.2) is 17.4 Å². The third kappa shape index (κ3) is 5.95. The van der Waals surface area contributed by atoms with Gasteiger partial charge < -0.3 is 24.0 Å². The summed E-state index contributed by atoms with van der Waals surface area (Å²) in [6, 6.07) is 15.8. The monoisotopic (exact) mass is 624 g/mol. The van der Waals surface area contributed by atoms with E-state index in [9.17, 15) is 13.5 Å². The van der Waals surface area contributed by atoms with Gasteiger partial charge in [0.2, 0.25) is 0 Å². The van der Waals surface area contributed by atoms with Crippen LogP contribution in [0.4, 0.5) is 5.69 Å². The summed E-state index contributed by atoms with van der Waals surface area (Å²) in [5.41, 5.74) is 2.08. The first kappa shape index (κ1) is 29.8. The first-order chi connectivity index (χ1) is 20.8. The van der Waals surface area contributed by atoms with Crippen LogP contribution in [0.25, 0.3) is 10.8 Å². The van der Waals surface area contributed by atoms with Crippen LogP contribution in [0.3, 0.4) is 0 Å². The summed E-state index contributed by atoms with van der Waals surface area (Å²) < 4.78 is 40.9. The quantitative estimate of drug-likeness (QED) is 0.226. The van der Waals surface area contributed by atoms with Crippen LogP contribution >= 0.6 is 11.3 Å². The van der Waals surface area contributed by atoms with Crippen LogP contribution in [0.2, 0.25) is 0 Å². The third-order valence-electron chi connectivity index (χ3n) is 8.79. The lowest BCUT2D eigenvalue weighted by Gasteiger charge is -2.36. The topological polar surface area (TPSA) is 87.5 Å². The van der Waals surface area contributed by atoms with Gasteiger partial charge in [-0.15, -0.1) is 11.3 Å². The second-order valence-corrected chi connectivity index (χ2v) is 14.6. The van der Waals surface area contributed by atoms with E-state index in [0.717, 1.165) is 54.2 Å². The molecular formula is C32H40N4O5S2. The molecule has 0 amide bonds. The second-order valence-electron chi connectivity index (χ2n) is 11.4. The molecule has 43 heavy (non-hydrogen) atoms. The van der Waals surface area contributed by atoms with Crippen molar-refractivity contribution in [3.05, 3.63) is 65.7 Å². The Kier molecular flexibility index (Phi) is 8.59. The van der Waals surface area contributed by atoms with Gasteiger partial charge in [0.05, 0.1) is 20.3 Å². The van der Waals surface area contributed by atoms with Gasteiger partial charge in [0.1, 0.15) is 4.21 Å². The molecule has 1 saturated carbocycles. The summed E-state index contributed by atoms with van der Waals surface area (Å²) in [5.74, 6) is 1.43. The molecule has 3 heterocycles. The molecule has 1 saturated heterocycles. The van der Waals surface area contributed by atoms with Gasteiger partial charge in [0, 0.05) is 68.5 Å². The Balaban J connectivity index is 1.31. The van der Waals surface area contributed by atoms with Crippen molar-refractivity contribution in [2.45, 2.75) is 42.0 Å². The molecule has 1 aliphatic heterocycles. The highest BCUT2D eigenvalue weighted by Gasteiger charge is 2.32. The zero-order valence-electron chi connectivity index (χ0n) is 25.0. The first-order valence-corrected chi connectivity index (χ1v) is 17.2. The molecule has 0 radical (unpaired) electrons. The van der Waals surface area contributed by atoms with Crippen molar-refractivity contribution in [1.82, 2.24) is 13.8 Å². The number of hydrogen-bond donors (Lipinski definition) is 1. The Bertz CT molecular complexity index is 1660. The number of thiophene rings is 1. The summed E-state index contributed by atoms with van der Waals surface area (Å²) in [6.45, 7) is 4.40. The van der Waals surface area contributed by atoms with E-state index in [-0.39, 0.29) is 11.9 Å². The number of fused-ring (bicyclic) bond motifs is 1. The normalized spacial score (nSPS) is 17.1. The molecule has 0 spiro atoms. The zero-order chi connectivity index (χ0) is 30.1. The number of hydrogen-bond acceptors (Lipinski definition) is 8. The van der Waals surface area contributed by atoms with Crippen LogP contribution in [-0.2, 0) is 10.0 Å². The Labute approximate surface area is 257 Å². The van der Waals surface area contributed by atoms with E-state index < -0.39 is 10.0 Å². The third-order valence-corrected chi connectivity index (χ3v) is 12.0. The lowest BCUT2D eigenvalue weighted by atomic mass is 10.0. The molecule has 2 fully saturated rings. The average molecular weight is 625 g/mol. The minimum Gasteiger partial charge on any atom is -0.494 e. The van der Waals surface area contributed by atoms with Crippen LogP contribution in [0.5, 0.6) is 17.4 Å². The van der Waals surface area contributed by atoms with Crippen molar-refractivity contribution < 1.29 is 23.0 Å². The van der Waals surface area contributed by atoms with E-state index in [1.807, 2.05) is 34.9 Å². The lowest BCUT2D eigenvalue weighted by molar-refractivity contribution is 0.248. The van der Waals surface area contributed by atoms with Crippen molar-refractivity contribution >= 4 is 37.8 Å². The molecule has 230 valence electrons. The van der Waals surface area contributed by atoms with Crippen LogP contribution in [0, 0.1) is 0 Å². The maximum atomic E-state index is 13.0. The molecule has 2 aromatic heterocycles. The number of aromatic hydroxyl groups is 1. The summed E-state index contributed by atoms with van der Waals surface area (Å²) in [6.07, 6.45) is 5.88. The number of rotatable bonds is 12. The van der Waals surface area contributed by atoms with E-state index >= 15 is 0 Å². The summed E-state index contributed by atoms with van der Waals surface area (Å²) in [5, 5.41) is 15.2. The molecule has 2 aliphatic rings. The predicted octanol–water partition coefficient (Wildman–Crippen LogP) is 5.40. The second kappa shape index (κ2) is 12.4. The van der Waals surface area contributed by atoms with Crippen molar-refractivity contribution in [2.75, 3.05) is 58.9 Å². The zero-order valence-corrected chi connectivity index (χ0v) is 26.6. The maximum absolute atomic E-state index is 13.0. The molecule has 0 unspecified atom stereocenters. The van der Waals surface area contributed by atoms with Gasteiger partial charge >= 0.3 is 0 Å². The minimum atomic E-state index is -3.54. The Morgan fingerprint density at radius 3 is 2.44 bits per heavy atom. The number of methoxy groups -OCH3 is 2. The molecule has 1 atom stereocenters. The van der Waals surface area contributed by atoms with E-state index in [4.69, 9.17) is 9.47 Å². The fourth-order valence-corrected chi connectivity index (χ4v) is 8.63. The number of piperazine rings is 1. The number of anilines is 1. The first-order valence-electron chi connectivity index (χ1n) is 14.8. The molecule has 1 aliphatic carbocycles. The van der Waals surface area contributed by atoms with E-state index in [0.29, 0.717) is 35.1 Å². The van der Waals surface area contributed by atoms with Crippen LogP contribution < -0.4 is 14.4 Å². The van der Waals surface area contributed by atoms with Gasteiger partial charge in [-0.2, -0.15) is 0 Å². The van der Waals surface area contributed by atoms with Crippen molar-refractivity contribution in [2.24, 2.45) is 0 Å². The molecule has 0 bridgehead atoms. The number of ether oxygens (including phenoxy) is 2. The molecule has 11 heteroatoms. The van der Waals surface area contributed by atoms with Gasteiger partial charge in [0.25, 0.3) is 10.0 Å². The SMILES string of the molecule is COc1ccc([C@@H](CCCN(C)S(=O)(=O)c2cccs2)n2cc3c(N4CCN(C5CC5)CC4)cccc3c2O)cc1OC. The highest BCUT2D eigenvalue weighted by Crippen LogP contribution is 2.41. The molecule has 9 nitrogen and oxygen atoms in total. The van der Waals surface area contributed by atoms with E-state index in [1.54, 1.807) is 38.8 Å². The number of benzene rings is 2. The number of sulfonamides is 1. The number of aromatic nitrogens is 1. The van der Waals surface area contributed by atoms with Gasteiger partial charge in [-0.1, -0.05) is 18.2 Å². The molecule has 6 rings (SSSR count). The lowest BCUT2D eigenvalue weighted by Crippen LogP contribution is -2.47. The van der Waals surface area contributed by atoms with Crippen molar-refractivity contribution in [1.29, 1.82) is 0 Å².